The van der Waals surface area contributed by atoms with Gasteiger partial charge in [-0.1, -0.05) is 0 Å². The van der Waals surface area contributed by atoms with Gasteiger partial charge in [0.1, 0.15) is 5.82 Å². The molecule has 0 unspecified atom stereocenters. The summed E-state index contributed by atoms with van der Waals surface area (Å²) in [6, 6.07) is 7.41. The zero-order chi connectivity index (χ0) is 16.8. The second-order valence-electron chi connectivity index (χ2n) is 7.20. The van der Waals surface area contributed by atoms with Crippen LogP contribution in [0.4, 0.5) is 10.1 Å². The lowest BCUT2D eigenvalue weighted by atomic mass is 10.0. The van der Waals surface area contributed by atoms with Gasteiger partial charge in [-0.05, 0) is 70.2 Å². The molecule has 0 atom stereocenters. The lowest BCUT2D eigenvalue weighted by Crippen LogP contribution is -2.52. The van der Waals surface area contributed by atoms with Crippen molar-refractivity contribution >= 4 is 5.69 Å². The fourth-order valence-electron chi connectivity index (χ4n) is 3.80. The quantitative estimate of drug-likeness (QED) is 0.806. The number of hydrogen-bond acceptors (Lipinski definition) is 4. The Morgan fingerprint density at radius 2 is 1.67 bits per heavy atom. The highest BCUT2D eigenvalue weighted by molar-refractivity contribution is 5.42. The van der Waals surface area contributed by atoms with E-state index in [0.29, 0.717) is 0 Å². The van der Waals surface area contributed by atoms with E-state index in [2.05, 4.69) is 27.1 Å². The second-order valence-corrected chi connectivity index (χ2v) is 7.20. The molecule has 0 saturated carbocycles. The largest absolute Gasteiger partial charge is 0.385 e. The molecular weight excluding hydrogens is 303 g/mol. The first-order valence-electron chi connectivity index (χ1n) is 9.35. The lowest BCUT2D eigenvalue weighted by Gasteiger charge is -2.42. The highest BCUT2D eigenvalue weighted by atomic mass is 19.1. The van der Waals surface area contributed by atoms with E-state index in [9.17, 15) is 4.39 Å². The molecule has 2 aliphatic heterocycles. The minimum atomic E-state index is -0.177. The molecule has 2 heterocycles. The summed E-state index contributed by atoms with van der Waals surface area (Å²) in [6.07, 6.45) is 3.76. The molecule has 2 saturated heterocycles. The normalized spacial score (nSPS) is 21.9. The predicted octanol–water partition coefficient (Wildman–Crippen LogP) is 2.34. The molecule has 1 N–H and O–H groups in total. The fraction of sp³-hybridized carbons (Fsp3) is 0.684. The van der Waals surface area contributed by atoms with Crippen LogP contribution in [0.2, 0.25) is 0 Å². The van der Waals surface area contributed by atoms with E-state index in [0.717, 1.165) is 31.2 Å². The second kappa shape index (κ2) is 8.79. The Hall–Kier alpha value is -1.17. The van der Waals surface area contributed by atoms with Crippen molar-refractivity contribution in [3.8, 4) is 0 Å². The van der Waals surface area contributed by atoms with Crippen molar-refractivity contribution in [3.63, 3.8) is 0 Å². The van der Waals surface area contributed by atoms with Crippen molar-refractivity contribution in [2.24, 2.45) is 0 Å². The van der Waals surface area contributed by atoms with Crippen LogP contribution < -0.4 is 5.32 Å². The molecule has 2 aliphatic rings. The first kappa shape index (κ1) is 17.6. The lowest BCUT2D eigenvalue weighted by molar-refractivity contribution is 0.0677. The monoisotopic (exact) mass is 334 g/mol. The van der Waals surface area contributed by atoms with Crippen LogP contribution >= 0.6 is 0 Å². The molecule has 0 aromatic heterocycles. The van der Waals surface area contributed by atoms with Gasteiger partial charge >= 0.3 is 0 Å². The molecule has 0 radical (unpaired) electrons. The molecule has 3 rings (SSSR count). The summed E-state index contributed by atoms with van der Waals surface area (Å²) >= 11 is 0. The third kappa shape index (κ3) is 5.16. The summed E-state index contributed by atoms with van der Waals surface area (Å²) in [5.41, 5.74) is 1.00. The Kier molecular flexibility index (Phi) is 6.46. The van der Waals surface area contributed by atoms with E-state index in [4.69, 9.17) is 0 Å². The van der Waals surface area contributed by atoms with Crippen LogP contribution in [-0.2, 0) is 0 Å². The molecule has 134 valence electrons. The smallest absolute Gasteiger partial charge is 0.123 e. The molecule has 0 amide bonds. The predicted molar refractivity (Wildman–Crippen MR) is 98.0 cm³/mol. The number of likely N-dealkylation sites (N-methyl/N-ethyl adjacent to an activating group) is 1. The number of benzene rings is 1. The molecule has 2 fully saturated rings. The summed E-state index contributed by atoms with van der Waals surface area (Å²) in [7, 11) is 2.22. The highest BCUT2D eigenvalue weighted by Gasteiger charge is 2.26. The molecule has 0 spiro atoms. The van der Waals surface area contributed by atoms with Crippen molar-refractivity contribution in [3.05, 3.63) is 30.1 Å². The van der Waals surface area contributed by atoms with E-state index in [1.807, 2.05) is 0 Å². The minimum Gasteiger partial charge on any atom is -0.385 e. The maximum Gasteiger partial charge on any atom is 0.123 e. The van der Waals surface area contributed by atoms with Crippen LogP contribution in [0.3, 0.4) is 0 Å². The van der Waals surface area contributed by atoms with Crippen LogP contribution in [0, 0.1) is 5.82 Å². The Balaban J connectivity index is 1.29. The van der Waals surface area contributed by atoms with Gasteiger partial charge in [0.15, 0.2) is 0 Å². The average Bonchev–Trinajstić information content (AvgIpc) is 2.62. The van der Waals surface area contributed by atoms with Gasteiger partial charge in [-0.2, -0.15) is 0 Å². The van der Waals surface area contributed by atoms with Crippen LogP contribution in [-0.4, -0.2) is 80.1 Å². The first-order valence-corrected chi connectivity index (χ1v) is 9.35. The van der Waals surface area contributed by atoms with Crippen LogP contribution in [0.25, 0.3) is 0 Å². The highest BCUT2D eigenvalue weighted by Crippen LogP contribution is 2.18. The zero-order valence-corrected chi connectivity index (χ0v) is 14.9. The number of anilines is 1. The molecule has 1 aromatic rings. The number of likely N-dealkylation sites (tertiary alicyclic amines) is 1. The van der Waals surface area contributed by atoms with Gasteiger partial charge in [-0.15, -0.1) is 0 Å². The van der Waals surface area contributed by atoms with Gasteiger partial charge in [0.2, 0.25) is 0 Å². The van der Waals surface area contributed by atoms with E-state index >= 15 is 0 Å². The maximum absolute atomic E-state index is 12.9. The van der Waals surface area contributed by atoms with Gasteiger partial charge in [-0.25, -0.2) is 4.39 Å². The Bertz CT molecular complexity index is 477. The summed E-state index contributed by atoms with van der Waals surface area (Å²) in [5.74, 6) is -0.177. The Morgan fingerprint density at radius 3 is 2.33 bits per heavy atom. The standard InChI is InChI=1S/C19H31FN4/c1-22-13-15-24(16-14-22)19-7-11-23(12-8-19)10-2-9-21-18-5-3-17(20)4-6-18/h3-6,19,21H,2,7-16H2,1H3. The van der Waals surface area contributed by atoms with Gasteiger partial charge in [0.25, 0.3) is 0 Å². The average molecular weight is 334 g/mol. The molecule has 24 heavy (non-hydrogen) atoms. The van der Waals surface area contributed by atoms with Crippen molar-refractivity contribution in [1.29, 1.82) is 0 Å². The van der Waals surface area contributed by atoms with Crippen LogP contribution in [0.1, 0.15) is 19.3 Å². The van der Waals surface area contributed by atoms with Gasteiger partial charge in [-0.3, -0.25) is 4.90 Å². The van der Waals surface area contributed by atoms with E-state index in [1.165, 1.54) is 64.2 Å². The molecule has 0 bridgehead atoms. The number of piperidine rings is 1. The van der Waals surface area contributed by atoms with Crippen LogP contribution in [0.5, 0.6) is 0 Å². The van der Waals surface area contributed by atoms with Crippen molar-refractivity contribution in [2.75, 3.05) is 64.7 Å². The van der Waals surface area contributed by atoms with Crippen molar-refractivity contribution in [1.82, 2.24) is 14.7 Å². The number of rotatable bonds is 6. The third-order valence-corrected chi connectivity index (χ3v) is 5.44. The summed E-state index contributed by atoms with van der Waals surface area (Å²) in [6.45, 7) is 9.48. The van der Waals surface area contributed by atoms with Gasteiger partial charge < -0.3 is 15.1 Å². The molecule has 4 nitrogen and oxygen atoms in total. The summed E-state index contributed by atoms with van der Waals surface area (Å²) in [4.78, 5) is 7.73. The van der Waals surface area contributed by atoms with Crippen molar-refractivity contribution < 1.29 is 4.39 Å². The van der Waals surface area contributed by atoms with Crippen molar-refractivity contribution in [2.45, 2.75) is 25.3 Å². The summed E-state index contributed by atoms with van der Waals surface area (Å²) < 4.78 is 12.9. The topological polar surface area (TPSA) is 21.8 Å². The van der Waals surface area contributed by atoms with Gasteiger partial charge in [0, 0.05) is 44.5 Å². The zero-order valence-electron chi connectivity index (χ0n) is 14.9. The molecule has 5 heteroatoms. The van der Waals surface area contributed by atoms with E-state index < -0.39 is 0 Å². The maximum atomic E-state index is 12.9. The number of halogens is 1. The van der Waals surface area contributed by atoms with Crippen LogP contribution in [0.15, 0.2) is 24.3 Å². The Morgan fingerprint density at radius 1 is 1.00 bits per heavy atom. The minimum absolute atomic E-state index is 0.177. The number of nitrogens with zero attached hydrogens (tertiary/aromatic N) is 3. The SMILES string of the molecule is CN1CCN(C2CCN(CCCNc3ccc(F)cc3)CC2)CC1. The third-order valence-electron chi connectivity index (χ3n) is 5.44. The molecule has 0 aliphatic carbocycles. The Labute approximate surface area is 145 Å². The van der Waals surface area contributed by atoms with Gasteiger partial charge in [0.05, 0.1) is 0 Å². The number of piperazine rings is 1. The summed E-state index contributed by atoms with van der Waals surface area (Å²) in [5, 5.41) is 3.37. The number of nitrogens with one attached hydrogen (secondary N) is 1. The molecule has 1 aromatic carbocycles. The number of hydrogen-bond donors (Lipinski definition) is 1. The fourth-order valence-corrected chi connectivity index (χ4v) is 3.80. The van der Waals surface area contributed by atoms with E-state index in [-0.39, 0.29) is 5.82 Å². The first-order chi connectivity index (χ1) is 11.7. The molecular formula is C19H31FN4. The van der Waals surface area contributed by atoms with E-state index in [1.54, 1.807) is 12.1 Å².